The molecule has 0 amide bonds. The minimum Gasteiger partial charge on any atom is -0.456 e. The van der Waals surface area contributed by atoms with Gasteiger partial charge in [-0.05, 0) is 71.6 Å². The number of anilines is 3. The van der Waals surface area contributed by atoms with Crippen LogP contribution in [-0.2, 0) is 5.41 Å². The monoisotopic (exact) mass is 619 g/mol. The van der Waals surface area contributed by atoms with E-state index in [0.717, 1.165) is 39.0 Å². The van der Waals surface area contributed by atoms with Crippen molar-refractivity contribution in [3.05, 3.63) is 174 Å². The van der Waals surface area contributed by atoms with E-state index in [1.807, 2.05) is 11.3 Å². The number of fused-ring (bicyclic) bond motifs is 9. The molecular formula is C44H29NOS. The van der Waals surface area contributed by atoms with Crippen LogP contribution < -0.4 is 4.90 Å². The first-order chi connectivity index (χ1) is 23.2. The molecule has 1 aliphatic rings. The highest BCUT2D eigenvalue weighted by Crippen LogP contribution is 2.55. The molecule has 1 aliphatic carbocycles. The molecule has 2 aromatic heterocycles. The number of para-hydroxylation sites is 2. The van der Waals surface area contributed by atoms with Gasteiger partial charge in [0.05, 0.1) is 11.1 Å². The fourth-order valence-corrected chi connectivity index (χ4v) is 9.15. The number of hydrogen-bond donors (Lipinski definition) is 0. The molecule has 0 atom stereocenters. The second-order valence-corrected chi connectivity index (χ2v) is 13.7. The Labute approximate surface area is 276 Å². The second-order valence-electron chi connectivity index (χ2n) is 12.6. The summed E-state index contributed by atoms with van der Waals surface area (Å²) < 4.78 is 9.53. The number of benzene rings is 7. The third kappa shape index (κ3) is 3.72. The molecule has 0 bridgehead atoms. The van der Waals surface area contributed by atoms with Gasteiger partial charge < -0.3 is 9.32 Å². The number of hydrogen-bond acceptors (Lipinski definition) is 3. The summed E-state index contributed by atoms with van der Waals surface area (Å²) in [6, 6.07) is 57.1. The van der Waals surface area contributed by atoms with Gasteiger partial charge in [-0.1, -0.05) is 115 Å². The van der Waals surface area contributed by atoms with Crippen molar-refractivity contribution in [1.29, 1.82) is 0 Å². The van der Waals surface area contributed by atoms with E-state index in [4.69, 9.17) is 4.42 Å². The summed E-state index contributed by atoms with van der Waals surface area (Å²) in [5.41, 5.74) is 11.2. The van der Waals surface area contributed by atoms with E-state index in [1.54, 1.807) is 0 Å². The molecule has 47 heavy (non-hydrogen) atoms. The van der Waals surface area contributed by atoms with Gasteiger partial charge in [0, 0.05) is 47.9 Å². The lowest BCUT2D eigenvalue weighted by Crippen LogP contribution is -2.22. The zero-order chi connectivity index (χ0) is 31.1. The van der Waals surface area contributed by atoms with E-state index in [9.17, 15) is 0 Å². The predicted molar refractivity (Wildman–Crippen MR) is 199 cm³/mol. The summed E-state index contributed by atoms with van der Waals surface area (Å²) in [7, 11) is 0. The Balaban J connectivity index is 1.23. The van der Waals surface area contributed by atoms with Crippen LogP contribution in [0, 0.1) is 0 Å². The molecule has 0 spiro atoms. The number of nitrogens with zero attached hydrogens (tertiary/aromatic N) is 1. The smallest absolute Gasteiger partial charge is 0.139 e. The third-order valence-corrected chi connectivity index (χ3v) is 11.3. The molecule has 0 saturated carbocycles. The fourth-order valence-electron chi connectivity index (χ4n) is 8.01. The van der Waals surface area contributed by atoms with Crippen LogP contribution in [0.2, 0.25) is 0 Å². The molecule has 0 N–H and O–H groups in total. The summed E-state index contributed by atoms with van der Waals surface area (Å²) in [5.74, 6) is 0. The topological polar surface area (TPSA) is 16.4 Å². The summed E-state index contributed by atoms with van der Waals surface area (Å²) in [5, 5.41) is 4.85. The molecule has 0 unspecified atom stereocenters. The van der Waals surface area contributed by atoms with Crippen LogP contribution in [0.15, 0.2) is 162 Å². The molecule has 10 rings (SSSR count). The molecule has 9 aromatic rings. The molecule has 7 aromatic carbocycles. The standard InChI is InChI=1S/C44H29NOS/c1-44(35-19-8-5-15-30(35)31-16-6-9-20-36(31)44)37-21-11-18-34-42-38(22-12-23-39(42)46-43(34)37)45(28-13-3-2-4-14-28)29-25-26-33-32-17-7-10-24-40(32)47-41(33)27-29/h2-27H,1H3. The molecule has 0 saturated heterocycles. The molecule has 2 heterocycles. The Bertz CT molecular complexity index is 2620. The van der Waals surface area contributed by atoms with Crippen molar-refractivity contribution >= 4 is 70.5 Å². The zero-order valence-corrected chi connectivity index (χ0v) is 26.6. The van der Waals surface area contributed by atoms with Crippen molar-refractivity contribution in [1.82, 2.24) is 0 Å². The first kappa shape index (κ1) is 26.6. The summed E-state index contributed by atoms with van der Waals surface area (Å²) >= 11 is 1.85. The van der Waals surface area contributed by atoms with Crippen LogP contribution >= 0.6 is 11.3 Å². The van der Waals surface area contributed by atoms with Crippen LogP contribution in [0.25, 0.3) is 53.2 Å². The van der Waals surface area contributed by atoms with Crippen molar-refractivity contribution in [2.24, 2.45) is 0 Å². The van der Waals surface area contributed by atoms with Gasteiger partial charge in [-0.2, -0.15) is 0 Å². The SMILES string of the molecule is CC1(c2cccc3c2oc2cccc(N(c4ccccc4)c4ccc5c(c4)sc4ccccc45)c23)c2ccccc2-c2ccccc21. The zero-order valence-electron chi connectivity index (χ0n) is 25.8. The fraction of sp³-hybridized carbons (Fsp3) is 0.0455. The van der Waals surface area contributed by atoms with Crippen LogP contribution in [0.1, 0.15) is 23.6 Å². The third-order valence-electron chi connectivity index (χ3n) is 10.1. The Kier molecular flexibility index (Phi) is 5.61. The van der Waals surface area contributed by atoms with E-state index in [2.05, 4.69) is 170 Å². The average molecular weight is 620 g/mol. The minimum atomic E-state index is -0.355. The van der Waals surface area contributed by atoms with Crippen LogP contribution in [0.4, 0.5) is 17.1 Å². The normalized spacial score (nSPS) is 13.4. The Morgan fingerprint density at radius 2 is 1.15 bits per heavy atom. The molecule has 222 valence electrons. The van der Waals surface area contributed by atoms with Crippen molar-refractivity contribution < 1.29 is 4.42 Å². The highest BCUT2D eigenvalue weighted by atomic mass is 32.1. The molecular weight excluding hydrogens is 591 g/mol. The summed E-state index contributed by atoms with van der Waals surface area (Å²) in [6.07, 6.45) is 0. The van der Waals surface area contributed by atoms with Crippen LogP contribution in [-0.4, -0.2) is 0 Å². The molecule has 2 nitrogen and oxygen atoms in total. The number of furan rings is 1. The van der Waals surface area contributed by atoms with Gasteiger partial charge in [-0.15, -0.1) is 11.3 Å². The lowest BCUT2D eigenvalue weighted by molar-refractivity contribution is 0.638. The lowest BCUT2D eigenvalue weighted by atomic mass is 9.74. The van der Waals surface area contributed by atoms with Gasteiger partial charge in [-0.25, -0.2) is 0 Å². The minimum absolute atomic E-state index is 0.355. The van der Waals surface area contributed by atoms with E-state index in [1.165, 1.54) is 48.0 Å². The quantitative estimate of drug-likeness (QED) is 0.195. The van der Waals surface area contributed by atoms with Crippen LogP contribution in [0.3, 0.4) is 0 Å². The van der Waals surface area contributed by atoms with Crippen molar-refractivity contribution in [2.75, 3.05) is 4.90 Å². The molecule has 0 aliphatic heterocycles. The van der Waals surface area contributed by atoms with Gasteiger partial charge >= 0.3 is 0 Å². The van der Waals surface area contributed by atoms with E-state index in [0.29, 0.717) is 0 Å². The Morgan fingerprint density at radius 1 is 0.511 bits per heavy atom. The van der Waals surface area contributed by atoms with Crippen LogP contribution in [0.5, 0.6) is 0 Å². The van der Waals surface area contributed by atoms with Gasteiger partial charge in [0.25, 0.3) is 0 Å². The molecule has 0 fully saturated rings. The Hall–Kier alpha value is -5.64. The van der Waals surface area contributed by atoms with Gasteiger partial charge in [0.2, 0.25) is 0 Å². The Morgan fingerprint density at radius 3 is 1.96 bits per heavy atom. The molecule has 0 radical (unpaired) electrons. The van der Waals surface area contributed by atoms with Gasteiger partial charge in [-0.3, -0.25) is 0 Å². The molecule has 3 heteroatoms. The maximum atomic E-state index is 6.94. The summed E-state index contributed by atoms with van der Waals surface area (Å²) in [6.45, 7) is 2.36. The maximum Gasteiger partial charge on any atom is 0.139 e. The van der Waals surface area contributed by atoms with Crippen molar-refractivity contribution in [3.63, 3.8) is 0 Å². The highest BCUT2D eigenvalue weighted by Gasteiger charge is 2.42. The number of thiophene rings is 1. The van der Waals surface area contributed by atoms with E-state index in [-0.39, 0.29) is 5.41 Å². The van der Waals surface area contributed by atoms with E-state index >= 15 is 0 Å². The largest absolute Gasteiger partial charge is 0.456 e. The van der Waals surface area contributed by atoms with E-state index < -0.39 is 0 Å². The predicted octanol–water partition coefficient (Wildman–Crippen LogP) is 12.8. The number of rotatable bonds is 4. The summed E-state index contributed by atoms with van der Waals surface area (Å²) in [4.78, 5) is 2.38. The highest BCUT2D eigenvalue weighted by molar-refractivity contribution is 7.25. The van der Waals surface area contributed by atoms with Gasteiger partial charge in [0.15, 0.2) is 0 Å². The first-order valence-corrected chi connectivity index (χ1v) is 16.9. The lowest BCUT2D eigenvalue weighted by Gasteiger charge is -2.28. The first-order valence-electron chi connectivity index (χ1n) is 16.1. The van der Waals surface area contributed by atoms with Crippen molar-refractivity contribution in [2.45, 2.75) is 12.3 Å². The van der Waals surface area contributed by atoms with Gasteiger partial charge in [0.1, 0.15) is 11.2 Å². The average Bonchev–Trinajstić information content (AvgIpc) is 3.78. The second kappa shape index (κ2) is 9.93. The maximum absolute atomic E-state index is 6.94. The van der Waals surface area contributed by atoms with Crippen molar-refractivity contribution in [3.8, 4) is 11.1 Å².